The molecule has 0 saturated heterocycles. The lowest BCUT2D eigenvalue weighted by Crippen LogP contribution is -2.35. The first-order valence-corrected chi connectivity index (χ1v) is 8.88. The Bertz CT molecular complexity index is 667. The highest BCUT2D eigenvalue weighted by Crippen LogP contribution is 2.21. The van der Waals surface area contributed by atoms with Gasteiger partial charge in [0.25, 0.3) is 0 Å². The molecule has 3 N–H and O–H groups in total. The van der Waals surface area contributed by atoms with Crippen molar-refractivity contribution in [2.24, 2.45) is 5.73 Å². The van der Waals surface area contributed by atoms with Gasteiger partial charge in [0.1, 0.15) is 16.5 Å². The van der Waals surface area contributed by atoms with Crippen molar-refractivity contribution < 1.29 is 17.2 Å². The maximum Gasteiger partial charge on any atom is 0.245 e. The number of sulfonamides is 1. The molecule has 8 heteroatoms. The van der Waals surface area contributed by atoms with Gasteiger partial charge in [-0.25, -0.2) is 21.9 Å². The van der Waals surface area contributed by atoms with Crippen molar-refractivity contribution in [3.63, 3.8) is 0 Å². The standard InChI is InChI=1S/C13H16F2N2O2S2/c1-9(8-20-2)17-21(18,19)13-10(4-3-5-16)6-11(14)7-12(13)15/h6-7,9,17H,5,8,16H2,1-2H3. The number of benzene rings is 1. The smallest absolute Gasteiger partial charge is 0.245 e. The Hall–Kier alpha value is -1.14. The summed E-state index contributed by atoms with van der Waals surface area (Å²) in [7, 11) is -4.14. The third kappa shape index (κ3) is 4.97. The van der Waals surface area contributed by atoms with Gasteiger partial charge in [-0.2, -0.15) is 11.8 Å². The van der Waals surface area contributed by atoms with E-state index < -0.39 is 32.6 Å². The first-order valence-electron chi connectivity index (χ1n) is 6.01. The molecular weight excluding hydrogens is 318 g/mol. The molecule has 0 heterocycles. The fraction of sp³-hybridized carbons (Fsp3) is 0.385. The van der Waals surface area contributed by atoms with Gasteiger partial charge in [0, 0.05) is 17.9 Å². The largest absolute Gasteiger partial charge is 0.320 e. The van der Waals surface area contributed by atoms with E-state index in [0.717, 1.165) is 6.07 Å². The van der Waals surface area contributed by atoms with Crippen LogP contribution in [0.15, 0.2) is 17.0 Å². The van der Waals surface area contributed by atoms with Gasteiger partial charge in [0.15, 0.2) is 0 Å². The molecule has 1 rings (SSSR count). The Morgan fingerprint density at radius 2 is 2.10 bits per heavy atom. The summed E-state index contributed by atoms with van der Waals surface area (Å²) < 4.78 is 54.0. The number of nitrogens with one attached hydrogen (secondary N) is 1. The predicted octanol–water partition coefficient (Wildman–Crippen LogP) is 1.30. The van der Waals surface area contributed by atoms with Crippen LogP contribution in [0.3, 0.4) is 0 Å². The summed E-state index contributed by atoms with van der Waals surface area (Å²) >= 11 is 1.45. The fourth-order valence-electron chi connectivity index (χ4n) is 1.68. The molecule has 0 amide bonds. The molecule has 0 fully saturated rings. The first kappa shape index (κ1) is 17.9. The molecule has 116 valence electrons. The van der Waals surface area contributed by atoms with Crippen LogP contribution >= 0.6 is 11.8 Å². The van der Waals surface area contributed by atoms with E-state index in [-0.39, 0.29) is 12.1 Å². The van der Waals surface area contributed by atoms with E-state index in [1.165, 1.54) is 11.8 Å². The minimum absolute atomic E-state index is 0.0477. The van der Waals surface area contributed by atoms with Crippen molar-refractivity contribution in [2.75, 3.05) is 18.6 Å². The van der Waals surface area contributed by atoms with Crippen LogP contribution in [0.1, 0.15) is 12.5 Å². The molecule has 1 atom stereocenters. The zero-order valence-electron chi connectivity index (χ0n) is 11.6. The summed E-state index contributed by atoms with van der Waals surface area (Å²) in [4.78, 5) is -0.655. The first-order chi connectivity index (χ1) is 9.81. The lowest BCUT2D eigenvalue weighted by molar-refractivity contribution is 0.537. The maximum atomic E-state index is 13.9. The van der Waals surface area contributed by atoms with Crippen molar-refractivity contribution >= 4 is 21.8 Å². The highest BCUT2D eigenvalue weighted by atomic mass is 32.2. The number of rotatable bonds is 5. The normalized spacial score (nSPS) is 12.6. The van der Waals surface area contributed by atoms with Crippen LogP contribution < -0.4 is 10.5 Å². The summed E-state index contributed by atoms with van der Waals surface area (Å²) in [6.45, 7) is 1.61. The molecule has 0 saturated carbocycles. The van der Waals surface area contributed by atoms with E-state index in [2.05, 4.69) is 16.6 Å². The summed E-state index contributed by atoms with van der Waals surface area (Å²) in [5.74, 6) is 3.23. The molecule has 1 aromatic rings. The second-order valence-corrected chi connectivity index (χ2v) is 6.81. The second-order valence-electron chi connectivity index (χ2n) is 4.25. The van der Waals surface area contributed by atoms with E-state index in [0.29, 0.717) is 11.8 Å². The number of halogens is 2. The van der Waals surface area contributed by atoms with Crippen LogP contribution in [0.2, 0.25) is 0 Å². The van der Waals surface area contributed by atoms with Crippen LogP contribution in [0, 0.1) is 23.5 Å². The van der Waals surface area contributed by atoms with E-state index in [1.54, 1.807) is 6.92 Å². The Morgan fingerprint density at radius 1 is 1.43 bits per heavy atom. The molecule has 0 aliphatic rings. The molecule has 0 spiro atoms. The molecule has 0 bridgehead atoms. The zero-order valence-corrected chi connectivity index (χ0v) is 13.2. The number of hydrogen-bond acceptors (Lipinski definition) is 4. The summed E-state index contributed by atoms with van der Waals surface area (Å²) in [5, 5.41) is 0. The third-order valence-electron chi connectivity index (χ3n) is 2.38. The highest BCUT2D eigenvalue weighted by Gasteiger charge is 2.25. The van der Waals surface area contributed by atoms with Gasteiger partial charge in [0.05, 0.1) is 12.1 Å². The van der Waals surface area contributed by atoms with Crippen molar-refractivity contribution in [1.82, 2.24) is 4.72 Å². The highest BCUT2D eigenvalue weighted by molar-refractivity contribution is 7.98. The molecule has 0 radical (unpaired) electrons. The monoisotopic (exact) mass is 334 g/mol. The third-order valence-corrected chi connectivity index (χ3v) is 4.87. The second kappa shape index (κ2) is 7.75. The summed E-state index contributed by atoms with van der Waals surface area (Å²) in [5.41, 5.74) is 4.95. The molecule has 1 aromatic carbocycles. The van der Waals surface area contributed by atoms with Crippen molar-refractivity contribution in [2.45, 2.75) is 17.9 Å². The van der Waals surface area contributed by atoms with E-state index in [4.69, 9.17) is 5.73 Å². The van der Waals surface area contributed by atoms with Crippen LogP contribution in [0.25, 0.3) is 0 Å². The van der Waals surface area contributed by atoms with E-state index >= 15 is 0 Å². The average molecular weight is 334 g/mol. The Balaban J connectivity index is 3.33. The summed E-state index contributed by atoms with van der Waals surface area (Å²) in [6.07, 6.45) is 1.82. The molecule has 0 aromatic heterocycles. The zero-order chi connectivity index (χ0) is 16.0. The minimum atomic E-state index is -4.14. The molecule has 0 aliphatic heterocycles. The molecule has 21 heavy (non-hydrogen) atoms. The summed E-state index contributed by atoms with van der Waals surface area (Å²) in [6, 6.07) is 0.991. The van der Waals surface area contributed by atoms with Gasteiger partial charge < -0.3 is 5.73 Å². The lowest BCUT2D eigenvalue weighted by atomic mass is 10.2. The Morgan fingerprint density at radius 3 is 2.67 bits per heavy atom. The SMILES string of the molecule is CSCC(C)NS(=O)(=O)c1c(F)cc(F)cc1C#CCN. The number of hydrogen-bond donors (Lipinski definition) is 2. The van der Waals surface area contributed by atoms with Crippen LogP contribution in [0.4, 0.5) is 8.78 Å². The molecule has 0 aliphatic carbocycles. The number of thioether (sulfide) groups is 1. The van der Waals surface area contributed by atoms with Gasteiger partial charge in [-0.05, 0) is 19.2 Å². The van der Waals surface area contributed by atoms with Crippen molar-refractivity contribution in [1.29, 1.82) is 0 Å². The van der Waals surface area contributed by atoms with Crippen molar-refractivity contribution in [3.8, 4) is 11.8 Å². The average Bonchev–Trinajstić information content (AvgIpc) is 2.34. The van der Waals surface area contributed by atoms with E-state index in [9.17, 15) is 17.2 Å². The Kier molecular flexibility index (Phi) is 6.61. The van der Waals surface area contributed by atoms with Crippen molar-refractivity contribution in [3.05, 3.63) is 29.3 Å². The number of nitrogens with two attached hydrogens (primary N) is 1. The van der Waals surface area contributed by atoms with Gasteiger partial charge >= 0.3 is 0 Å². The van der Waals surface area contributed by atoms with Gasteiger partial charge in [0.2, 0.25) is 10.0 Å². The van der Waals surface area contributed by atoms with Crippen LogP contribution in [-0.4, -0.2) is 33.0 Å². The quantitative estimate of drug-likeness (QED) is 0.797. The molecule has 4 nitrogen and oxygen atoms in total. The fourth-order valence-corrected chi connectivity index (χ4v) is 3.82. The minimum Gasteiger partial charge on any atom is -0.320 e. The van der Waals surface area contributed by atoms with Gasteiger partial charge in [-0.3, -0.25) is 0 Å². The van der Waals surface area contributed by atoms with Crippen LogP contribution in [0.5, 0.6) is 0 Å². The van der Waals surface area contributed by atoms with Gasteiger partial charge in [-0.1, -0.05) is 11.8 Å². The van der Waals surface area contributed by atoms with E-state index in [1.807, 2.05) is 6.26 Å². The lowest BCUT2D eigenvalue weighted by Gasteiger charge is -2.14. The molecular formula is C13H16F2N2O2S2. The van der Waals surface area contributed by atoms with Crippen LogP contribution in [-0.2, 0) is 10.0 Å². The maximum absolute atomic E-state index is 13.9. The molecule has 1 unspecified atom stereocenters. The van der Waals surface area contributed by atoms with Gasteiger partial charge in [-0.15, -0.1) is 0 Å². The Labute approximate surface area is 127 Å². The topological polar surface area (TPSA) is 72.2 Å². The predicted molar refractivity (Wildman–Crippen MR) is 80.5 cm³/mol.